The number of fused-ring (bicyclic) bond motifs is 2. The lowest BCUT2D eigenvalue weighted by molar-refractivity contribution is -0.0857. The number of hydrogen-bond acceptors (Lipinski definition) is 8. The highest BCUT2D eigenvalue weighted by molar-refractivity contribution is 6.31. The summed E-state index contributed by atoms with van der Waals surface area (Å²) < 4.78 is 0. The van der Waals surface area contributed by atoms with E-state index < -0.39 is 34.7 Å². The lowest BCUT2D eigenvalue weighted by atomic mass is 9.95. The van der Waals surface area contributed by atoms with Crippen LogP contribution >= 0.6 is 0 Å². The van der Waals surface area contributed by atoms with Crippen molar-refractivity contribution in [2.24, 2.45) is 0 Å². The third-order valence-electron chi connectivity index (χ3n) is 5.81. The van der Waals surface area contributed by atoms with Gasteiger partial charge in [0, 0.05) is 22.3 Å². The van der Waals surface area contributed by atoms with Crippen LogP contribution in [-0.2, 0) is 0 Å². The van der Waals surface area contributed by atoms with E-state index in [-0.39, 0.29) is 22.3 Å². The first kappa shape index (κ1) is 20.1. The minimum Gasteiger partial charge on any atom is -0.353 e. The third-order valence-corrected chi connectivity index (χ3v) is 5.81. The van der Waals surface area contributed by atoms with Crippen molar-refractivity contribution in [2.45, 2.75) is 11.6 Å². The number of benzene rings is 3. The van der Waals surface area contributed by atoms with Crippen molar-refractivity contribution in [3.8, 4) is 22.3 Å². The Bertz CT molecular complexity index is 1290. The van der Waals surface area contributed by atoms with Crippen molar-refractivity contribution >= 4 is 23.1 Å². The Morgan fingerprint density at radius 1 is 0.438 bits per heavy atom. The van der Waals surface area contributed by atoms with E-state index in [2.05, 4.69) is 0 Å². The fraction of sp³-hybridized carbons (Fsp3) is 0.0833. The zero-order chi connectivity index (χ0) is 23.0. The van der Waals surface area contributed by atoms with Crippen molar-refractivity contribution in [3.63, 3.8) is 0 Å². The lowest BCUT2D eigenvalue weighted by Gasteiger charge is -2.09. The molecule has 3 aromatic carbocycles. The Balaban J connectivity index is 1.56. The fourth-order valence-electron chi connectivity index (χ4n) is 4.06. The SMILES string of the molecule is O=C1c2ccc(-c3cccc(-c4ccc5c(c4)C(=O)C(O)(O)C5=O)c3)cc2C(=O)C1(O)O. The smallest absolute Gasteiger partial charge is 0.295 e. The number of hydrogen-bond donors (Lipinski definition) is 4. The van der Waals surface area contributed by atoms with Crippen LogP contribution in [0.25, 0.3) is 22.3 Å². The average Bonchev–Trinajstić information content (AvgIpc) is 3.07. The van der Waals surface area contributed by atoms with Crippen LogP contribution in [0.15, 0.2) is 60.7 Å². The highest BCUT2D eigenvalue weighted by atomic mass is 16.5. The minimum atomic E-state index is -3.06. The van der Waals surface area contributed by atoms with Crippen molar-refractivity contribution in [2.75, 3.05) is 0 Å². The molecule has 0 spiro atoms. The largest absolute Gasteiger partial charge is 0.353 e. The maximum absolute atomic E-state index is 12.2. The van der Waals surface area contributed by atoms with Crippen LogP contribution in [-0.4, -0.2) is 55.1 Å². The molecule has 2 aliphatic carbocycles. The molecule has 0 aliphatic heterocycles. The molecule has 0 fully saturated rings. The number of carbonyl (C=O) groups is 4. The van der Waals surface area contributed by atoms with Gasteiger partial charge >= 0.3 is 0 Å². The Kier molecular flexibility index (Phi) is 3.99. The van der Waals surface area contributed by atoms with Gasteiger partial charge in [0.15, 0.2) is 0 Å². The van der Waals surface area contributed by atoms with E-state index in [1.54, 1.807) is 36.4 Å². The Morgan fingerprint density at radius 3 is 1.19 bits per heavy atom. The molecule has 4 N–H and O–H groups in total. The lowest BCUT2D eigenvalue weighted by Crippen LogP contribution is -2.40. The molecule has 0 radical (unpaired) electrons. The van der Waals surface area contributed by atoms with Crippen LogP contribution in [0.2, 0.25) is 0 Å². The van der Waals surface area contributed by atoms with Gasteiger partial charge in [-0.05, 0) is 52.6 Å². The van der Waals surface area contributed by atoms with Crippen LogP contribution in [0, 0.1) is 0 Å². The topological polar surface area (TPSA) is 149 Å². The van der Waals surface area contributed by atoms with Crippen LogP contribution in [0.1, 0.15) is 41.4 Å². The molecule has 8 nitrogen and oxygen atoms in total. The number of carbonyl (C=O) groups excluding carboxylic acids is 4. The molecule has 2 aliphatic rings. The Labute approximate surface area is 180 Å². The zero-order valence-electron chi connectivity index (χ0n) is 16.2. The summed E-state index contributed by atoms with van der Waals surface area (Å²) in [6, 6.07) is 15.6. The second-order valence-electron chi connectivity index (χ2n) is 7.76. The monoisotopic (exact) mass is 430 g/mol. The number of Topliss-reactive ketones (excluding diaryl/α,β-unsaturated/α-hetero) is 4. The highest BCUT2D eigenvalue weighted by Crippen LogP contribution is 2.35. The van der Waals surface area contributed by atoms with Gasteiger partial charge in [0.1, 0.15) is 0 Å². The molecule has 0 heterocycles. The van der Waals surface area contributed by atoms with Crippen LogP contribution in [0.4, 0.5) is 0 Å². The maximum Gasteiger partial charge on any atom is 0.295 e. The number of rotatable bonds is 2. The van der Waals surface area contributed by atoms with Gasteiger partial charge in [-0.15, -0.1) is 0 Å². The molecule has 5 rings (SSSR count). The van der Waals surface area contributed by atoms with E-state index in [1.165, 1.54) is 24.3 Å². The van der Waals surface area contributed by atoms with Crippen molar-refractivity contribution in [3.05, 3.63) is 82.9 Å². The van der Waals surface area contributed by atoms with E-state index in [0.29, 0.717) is 22.3 Å². The first-order chi connectivity index (χ1) is 15.0. The quantitative estimate of drug-likeness (QED) is 0.349. The summed E-state index contributed by atoms with van der Waals surface area (Å²) in [6.07, 6.45) is 0. The molecule has 0 aromatic heterocycles. The van der Waals surface area contributed by atoms with Gasteiger partial charge in [-0.2, -0.15) is 0 Å². The van der Waals surface area contributed by atoms with E-state index in [9.17, 15) is 39.6 Å². The van der Waals surface area contributed by atoms with Gasteiger partial charge in [-0.3, -0.25) is 19.2 Å². The average molecular weight is 430 g/mol. The second-order valence-corrected chi connectivity index (χ2v) is 7.76. The zero-order valence-corrected chi connectivity index (χ0v) is 16.2. The molecule has 0 atom stereocenters. The predicted molar refractivity (Wildman–Crippen MR) is 109 cm³/mol. The second kappa shape index (κ2) is 6.35. The summed E-state index contributed by atoms with van der Waals surface area (Å²) in [5, 5.41) is 38.9. The van der Waals surface area contributed by atoms with Crippen molar-refractivity contribution < 1.29 is 39.6 Å². The highest BCUT2D eigenvalue weighted by Gasteiger charge is 2.51. The molecular formula is C24H14O8. The first-order valence-corrected chi connectivity index (χ1v) is 9.51. The molecular weight excluding hydrogens is 416 g/mol. The van der Waals surface area contributed by atoms with Gasteiger partial charge in [0.05, 0.1) is 0 Å². The van der Waals surface area contributed by atoms with E-state index >= 15 is 0 Å². The van der Waals surface area contributed by atoms with Crippen LogP contribution < -0.4 is 0 Å². The molecule has 0 amide bonds. The van der Waals surface area contributed by atoms with Gasteiger partial charge in [0.2, 0.25) is 23.1 Å². The summed E-state index contributed by atoms with van der Waals surface area (Å²) >= 11 is 0. The summed E-state index contributed by atoms with van der Waals surface area (Å²) in [5.74, 6) is -10.4. The van der Waals surface area contributed by atoms with E-state index in [0.717, 1.165) is 0 Å². The summed E-state index contributed by atoms with van der Waals surface area (Å²) in [4.78, 5) is 48.4. The fourth-order valence-corrected chi connectivity index (χ4v) is 4.06. The molecule has 0 bridgehead atoms. The van der Waals surface area contributed by atoms with Gasteiger partial charge in [-0.25, -0.2) is 0 Å². The Morgan fingerprint density at radius 2 is 0.781 bits per heavy atom. The minimum absolute atomic E-state index is 0.0711. The molecule has 0 saturated heterocycles. The molecule has 8 heteroatoms. The van der Waals surface area contributed by atoms with Crippen molar-refractivity contribution in [1.82, 2.24) is 0 Å². The molecule has 3 aromatic rings. The number of aliphatic hydroxyl groups is 4. The van der Waals surface area contributed by atoms with E-state index in [4.69, 9.17) is 0 Å². The van der Waals surface area contributed by atoms with Gasteiger partial charge in [-0.1, -0.05) is 30.3 Å². The standard InChI is InChI=1S/C24H14O8/c25-19-15-6-4-13(9-17(15)21(27)23(19,29)30)11-2-1-3-12(8-11)14-5-7-16-18(10-14)22(28)24(31,32)20(16)26/h1-10,29-32H. The van der Waals surface area contributed by atoms with Crippen molar-refractivity contribution in [1.29, 1.82) is 0 Å². The summed E-state index contributed by atoms with van der Waals surface area (Å²) in [6.45, 7) is 0. The molecule has 0 saturated carbocycles. The number of ketones is 4. The van der Waals surface area contributed by atoms with Crippen LogP contribution in [0.5, 0.6) is 0 Å². The third kappa shape index (κ3) is 2.58. The predicted octanol–water partition coefficient (Wildman–Crippen LogP) is 1.14. The van der Waals surface area contributed by atoms with Crippen LogP contribution in [0.3, 0.4) is 0 Å². The van der Waals surface area contributed by atoms with E-state index in [1.807, 2.05) is 0 Å². The normalized spacial score (nSPS) is 18.1. The maximum atomic E-state index is 12.2. The molecule has 0 unspecified atom stereocenters. The Hall–Kier alpha value is -3.82. The summed E-state index contributed by atoms with van der Waals surface area (Å²) in [5.41, 5.74) is 2.04. The van der Waals surface area contributed by atoms with Gasteiger partial charge < -0.3 is 20.4 Å². The molecule has 158 valence electrons. The first-order valence-electron chi connectivity index (χ1n) is 9.51. The van der Waals surface area contributed by atoms with Gasteiger partial charge in [0.25, 0.3) is 11.6 Å². The molecule has 32 heavy (non-hydrogen) atoms. The summed E-state index contributed by atoms with van der Waals surface area (Å²) in [7, 11) is 0.